The molecular weight excluding hydrogens is 352 g/mol. The molecule has 2 rings (SSSR count). The van der Waals surface area contributed by atoms with E-state index in [2.05, 4.69) is 10.6 Å². The zero-order valence-electron chi connectivity index (χ0n) is 14.9. The van der Waals surface area contributed by atoms with Crippen LogP contribution in [-0.2, 0) is 25.6 Å². The number of nitrogens with zero attached hydrogens (tertiary/aromatic N) is 1. The van der Waals surface area contributed by atoms with Gasteiger partial charge in [-0.2, -0.15) is 0 Å². The third kappa shape index (κ3) is 5.78. The number of aliphatic carboxylic acids is 1. The largest absolute Gasteiger partial charge is 0.480 e. The van der Waals surface area contributed by atoms with Crippen LogP contribution in [0.15, 0.2) is 30.3 Å². The molecule has 9 heteroatoms. The van der Waals surface area contributed by atoms with Gasteiger partial charge in [-0.1, -0.05) is 30.3 Å². The van der Waals surface area contributed by atoms with Gasteiger partial charge >= 0.3 is 5.97 Å². The second-order valence-corrected chi connectivity index (χ2v) is 6.32. The van der Waals surface area contributed by atoms with Crippen molar-refractivity contribution in [2.75, 3.05) is 19.6 Å². The van der Waals surface area contributed by atoms with Gasteiger partial charge in [-0.05, 0) is 18.4 Å². The molecule has 1 fully saturated rings. The number of carboxylic acids is 1. The van der Waals surface area contributed by atoms with Crippen molar-refractivity contribution >= 4 is 23.7 Å². The highest BCUT2D eigenvalue weighted by molar-refractivity contribution is 5.92. The van der Waals surface area contributed by atoms with Crippen LogP contribution in [0, 0.1) is 0 Å². The highest BCUT2D eigenvalue weighted by Gasteiger charge is 2.34. The van der Waals surface area contributed by atoms with Crippen LogP contribution in [-0.4, -0.2) is 65.4 Å². The molecule has 0 aromatic heterocycles. The average molecular weight is 376 g/mol. The second kappa shape index (κ2) is 9.67. The molecule has 0 saturated carbocycles. The minimum absolute atomic E-state index is 0.244. The van der Waals surface area contributed by atoms with Gasteiger partial charge in [-0.25, -0.2) is 4.79 Å². The summed E-state index contributed by atoms with van der Waals surface area (Å²) in [5.74, 6) is -2.52. The molecule has 146 valence electrons. The van der Waals surface area contributed by atoms with Crippen LogP contribution in [0.4, 0.5) is 0 Å². The monoisotopic (exact) mass is 376 g/mol. The Hall–Kier alpha value is -2.94. The van der Waals surface area contributed by atoms with Crippen molar-refractivity contribution in [3.8, 4) is 0 Å². The number of carbonyl (C=O) groups excluding carboxylic acids is 3. The molecule has 5 N–H and O–H groups in total. The molecule has 9 nitrogen and oxygen atoms in total. The number of nitrogens with one attached hydrogen (secondary N) is 2. The van der Waals surface area contributed by atoms with Crippen molar-refractivity contribution in [2.45, 2.75) is 31.3 Å². The van der Waals surface area contributed by atoms with Crippen LogP contribution in [0.2, 0.25) is 0 Å². The van der Waals surface area contributed by atoms with Crippen LogP contribution < -0.4 is 16.4 Å². The van der Waals surface area contributed by atoms with E-state index < -0.39 is 35.8 Å². The molecule has 3 amide bonds. The SMILES string of the molecule is NCC(=O)NC(Cc1ccccc1)C(=O)NCC(=O)N1CCCC1C(=O)O. The molecule has 27 heavy (non-hydrogen) atoms. The number of hydrogen-bond donors (Lipinski definition) is 4. The van der Waals surface area contributed by atoms with Crippen molar-refractivity contribution in [1.82, 2.24) is 15.5 Å². The van der Waals surface area contributed by atoms with E-state index in [1.165, 1.54) is 4.90 Å². The predicted octanol–water partition coefficient (Wildman–Crippen LogP) is -1.14. The Balaban J connectivity index is 1.97. The van der Waals surface area contributed by atoms with Crippen LogP contribution in [0.3, 0.4) is 0 Å². The third-order valence-electron chi connectivity index (χ3n) is 4.39. The van der Waals surface area contributed by atoms with E-state index in [0.717, 1.165) is 5.56 Å². The molecular formula is C18H24N4O5. The summed E-state index contributed by atoms with van der Waals surface area (Å²) in [5.41, 5.74) is 6.14. The van der Waals surface area contributed by atoms with Crippen LogP contribution >= 0.6 is 0 Å². The van der Waals surface area contributed by atoms with E-state index in [4.69, 9.17) is 10.8 Å². The Bertz CT molecular complexity index is 694. The van der Waals surface area contributed by atoms with Crippen molar-refractivity contribution < 1.29 is 24.3 Å². The Morgan fingerprint density at radius 2 is 1.93 bits per heavy atom. The zero-order valence-corrected chi connectivity index (χ0v) is 14.9. The van der Waals surface area contributed by atoms with Crippen LogP contribution in [0.25, 0.3) is 0 Å². The second-order valence-electron chi connectivity index (χ2n) is 6.32. The summed E-state index contributed by atoms with van der Waals surface area (Å²) in [6, 6.07) is 7.38. The van der Waals surface area contributed by atoms with Gasteiger partial charge in [0.25, 0.3) is 0 Å². The summed E-state index contributed by atoms with van der Waals surface area (Å²) >= 11 is 0. The molecule has 2 atom stereocenters. The molecule has 0 bridgehead atoms. The van der Waals surface area contributed by atoms with Crippen molar-refractivity contribution in [2.24, 2.45) is 5.73 Å². The first kappa shape index (κ1) is 20.4. The topological polar surface area (TPSA) is 142 Å². The Morgan fingerprint density at radius 1 is 1.22 bits per heavy atom. The van der Waals surface area contributed by atoms with Crippen LogP contribution in [0.1, 0.15) is 18.4 Å². The van der Waals surface area contributed by atoms with E-state index in [-0.39, 0.29) is 19.5 Å². The number of benzene rings is 1. The van der Waals surface area contributed by atoms with Gasteiger partial charge in [-0.15, -0.1) is 0 Å². The van der Waals surface area contributed by atoms with E-state index in [0.29, 0.717) is 19.4 Å². The lowest BCUT2D eigenvalue weighted by molar-refractivity contribution is -0.148. The number of amides is 3. The highest BCUT2D eigenvalue weighted by Crippen LogP contribution is 2.17. The number of rotatable bonds is 8. The van der Waals surface area contributed by atoms with Crippen LogP contribution in [0.5, 0.6) is 0 Å². The fourth-order valence-electron chi connectivity index (χ4n) is 3.02. The van der Waals surface area contributed by atoms with Gasteiger partial charge in [0, 0.05) is 13.0 Å². The lowest BCUT2D eigenvalue weighted by Gasteiger charge is -2.23. The first-order valence-corrected chi connectivity index (χ1v) is 8.75. The maximum Gasteiger partial charge on any atom is 0.326 e. The van der Waals surface area contributed by atoms with Gasteiger partial charge in [0.1, 0.15) is 12.1 Å². The lowest BCUT2D eigenvalue weighted by Crippen LogP contribution is -2.52. The first-order valence-electron chi connectivity index (χ1n) is 8.75. The van der Waals surface area contributed by atoms with Gasteiger partial charge < -0.3 is 26.4 Å². The molecule has 0 aliphatic carbocycles. The lowest BCUT2D eigenvalue weighted by atomic mass is 10.1. The summed E-state index contributed by atoms with van der Waals surface area (Å²) in [6.07, 6.45) is 1.26. The average Bonchev–Trinajstić information content (AvgIpc) is 3.16. The molecule has 1 aliphatic rings. The standard InChI is InChI=1S/C18H24N4O5/c19-10-15(23)21-13(9-12-5-2-1-3-6-12)17(25)20-11-16(24)22-8-4-7-14(22)18(26)27/h1-3,5-6,13-14H,4,7-11,19H2,(H,20,25)(H,21,23)(H,26,27). The van der Waals surface area contributed by atoms with Gasteiger partial charge in [-0.3, -0.25) is 14.4 Å². The minimum Gasteiger partial charge on any atom is -0.480 e. The third-order valence-corrected chi connectivity index (χ3v) is 4.39. The maximum absolute atomic E-state index is 12.5. The minimum atomic E-state index is -1.05. The zero-order chi connectivity index (χ0) is 19.8. The molecule has 1 heterocycles. The van der Waals surface area contributed by atoms with Crippen molar-refractivity contribution in [3.05, 3.63) is 35.9 Å². The number of likely N-dealkylation sites (tertiary alicyclic amines) is 1. The van der Waals surface area contributed by atoms with Gasteiger partial charge in [0.15, 0.2) is 0 Å². The molecule has 1 saturated heterocycles. The summed E-state index contributed by atoms with van der Waals surface area (Å²) in [4.78, 5) is 48.8. The number of carbonyl (C=O) groups is 4. The first-order chi connectivity index (χ1) is 12.9. The summed E-state index contributed by atoms with van der Waals surface area (Å²) in [6.45, 7) is -0.235. The van der Waals surface area contributed by atoms with E-state index in [9.17, 15) is 19.2 Å². The Kier molecular flexibility index (Phi) is 7.30. The molecule has 1 aromatic carbocycles. The Morgan fingerprint density at radius 3 is 2.56 bits per heavy atom. The van der Waals surface area contributed by atoms with Gasteiger partial charge in [0.2, 0.25) is 17.7 Å². The molecule has 1 aliphatic heterocycles. The molecule has 2 unspecified atom stereocenters. The fraction of sp³-hybridized carbons (Fsp3) is 0.444. The Labute approximate surface area is 156 Å². The summed E-state index contributed by atoms with van der Waals surface area (Å²) < 4.78 is 0. The molecule has 0 spiro atoms. The van der Waals surface area contributed by atoms with E-state index in [1.54, 1.807) is 0 Å². The number of hydrogen-bond acceptors (Lipinski definition) is 5. The van der Waals surface area contributed by atoms with E-state index in [1.807, 2.05) is 30.3 Å². The number of carboxylic acid groups (broad SMARTS) is 1. The van der Waals surface area contributed by atoms with Gasteiger partial charge in [0.05, 0.1) is 13.1 Å². The fourth-order valence-corrected chi connectivity index (χ4v) is 3.02. The summed E-state index contributed by atoms with van der Waals surface area (Å²) in [5, 5.41) is 14.2. The molecule has 0 radical (unpaired) electrons. The van der Waals surface area contributed by atoms with E-state index >= 15 is 0 Å². The van der Waals surface area contributed by atoms with Crippen molar-refractivity contribution in [3.63, 3.8) is 0 Å². The van der Waals surface area contributed by atoms with Crippen molar-refractivity contribution in [1.29, 1.82) is 0 Å². The maximum atomic E-state index is 12.5. The quantitative estimate of drug-likeness (QED) is 0.452. The smallest absolute Gasteiger partial charge is 0.326 e. The predicted molar refractivity (Wildman–Crippen MR) is 96.5 cm³/mol. The highest BCUT2D eigenvalue weighted by atomic mass is 16.4. The normalized spacial score (nSPS) is 17.2. The molecule has 1 aromatic rings. The summed E-state index contributed by atoms with van der Waals surface area (Å²) in [7, 11) is 0. The number of nitrogens with two attached hydrogens (primary N) is 1.